The lowest BCUT2D eigenvalue weighted by Gasteiger charge is -2.07. The van der Waals surface area contributed by atoms with Gasteiger partial charge in [-0.25, -0.2) is 14.8 Å². The van der Waals surface area contributed by atoms with Crippen LogP contribution in [0.5, 0.6) is 0 Å². The fraction of sp³-hybridized carbons (Fsp3) is 0.462. The monoisotopic (exact) mass is 346 g/mol. The van der Waals surface area contributed by atoms with Gasteiger partial charge in [-0.15, -0.1) is 0 Å². The molecule has 7 nitrogen and oxygen atoms in total. The van der Waals surface area contributed by atoms with Gasteiger partial charge in [0.1, 0.15) is 5.82 Å². The molecule has 0 atom stereocenters. The molecule has 0 saturated heterocycles. The van der Waals surface area contributed by atoms with E-state index in [9.17, 15) is 13.6 Å². The van der Waals surface area contributed by atoms with Crippen LogP contribution in [0.3, 0.4) is 0 Å². The van der Waals surface area contributed by atoms with Crippen molar-refractivity contribution >= 4 is 17.6 Å². The first-order valence-electron chi connectivity index (χ1n) is 6.59. The second-order valence-electron chi connectivity index (χ2n) is 5.06. The molecule has 10 heteroatoms. The molecule has 2 aromatic heterocycles. The number of rotatable bonds is 5. The molecule has 2 aromatic rings. The van der Waals surface area contributed by atoms with Gasteiger partial charge >= 0.3 is 11.9 Å². The van der Waals surface area contributed by atoms with Crippen molar-refractivity contribution in [3.8, 4) is 0 Å². The Morgan fingerprint density at radius 1 is 1.43 bits per heavy atom. The molecule has 2 rings (SSSR count). The van der Waals surface area contributed by atoms with Crippen molar-refractivity contribution in [3.63, 3.8) is 0 Å². The molecule has 124 valence electrons. The van der Waals surface area contributed by atoms with E-state index in [1.54, 1.807) is 0 Å². The molecule has 0 bridgehead atoms. The van der Waals surface area contributed by atoms with Gasteiger partial charge in [0.15, 0.2) is 12.3 Å². The number of carbonyl (C=O) groups excluding carboxylic acids is 1. The Morgan fingerprint density at radius 2 is 2.13 bits per heavy atom. The number of hydrogen-bond donors (Lipinski definition) is 0. The van der Waals surface area contributed by atoms with Gasteiger partial charge in [-0.05, 0) is 0 Å². The normalized spacial score (nSPS) is 11.8. The highest BCUT2D eigenvalue weighted by Gasteiger charge is 2.31. The van der Waals surface area contributed by atoms with Gasteiger partial charge in [0.05, 0.1) is 11.2 Å². The molecule has 0 aliphatic carbocycles. The highest BCUT2D eigenvalue weighted by molar-refractivity contribution is 6.33. The van der Waals surface area contributed by atoms with Crippen molar-refractivity contribution in [2.24, 2.45) is 0 Å². The van der Waals surface area contributed by atoms with E-state index in [0.717, 1.165) is 0 Å². The van der Waals surface area contributed by atoms with Crippen LogP contribution >= 0.6 is 11.6 Å². The van der Waals surface area contributed by atoms with Crippen LogP contribution in [0, 0.1) is 0 Å². The van der Waals surface area contributed by atoms with E-state index in [-0.39, 0.29) is 22.5 Å². The van der Waals surface area contributed by atoms with Gasteiger partial charge in [-0.2, -0.15) is 13.8 Å². The highest BCUT2D eigenvalue weighted by atomic mass is 35.5. The molecule has 0 amide bonds. The summed E-state index contributed by atoms with van der Waals surface area (Å²) in [6.45, 7) is 3.85. The van der Waals surface area contributed by atoms with Crippen molar-refractivity contribution in [1.82, 2.24) is 20.1 Å². The third-order valence-electron chi connectivity index (χ3n) is 2.66. The lowest BCUT2D eigenvalue weighted by Crippen LogP contribution is -2.12. The van der Waals surface area contributed by atoms with Gasteiger partial charge in [0.25, 0.3) is 5.89 Å². The summed E-state index contributed by atoms with van der Waals surface area (Å²) in [6.07, 6.45) is 1.29. The predicted molar refractivity (Wildman–Crippen MR) is 74.1 cm³/mol. The molecule has 0 aliphatic heterocycles. The number of carbonyl (C=O) groups is 1. The van der Waals surface area contributed by atoms with Crippen LogP contribution in [0.15, 0.2) is 10.7 Å². The van der Waals surface area contributed by atoms with Crippen LogP contribution < -0.4 is 0 Å². The maximum atomic E-state index is 13.0. The summed E-state index contributed by atoms with van der Waals surface area (Å²) in [4.78, 5) is 23.4. The maximum Gasteiger partial charge on any atom is 0.359 e. The minimum absolute atomic E-state index is 0.0101. The van der Waals surface area contributed by atoms with Crippen molar-refractivity contribution in [1.29, 1.82) is 0 Å². The molecule has 0 fully saturated rings. The topological polar surface area (TPSA) is 91.0 Å². The smallest absolute Gasteiger partial charge is 0.359 e. The van der Waals surface area contributed by atoms with Crippen molar-refractivity contribution in [2.75, 3.05) is 0 Å². The van der Waals surface area contributed by atoms with Crippen LogP contribution in [0.1, 0.15) is 54.7 Å². The standard InChI is InChI=1S/C13H13ClF2N4O3/c1-6(2)10-17-4-7(14)9(19-10)11(21)22-5-8-18-12(20-23-8)13(3,15)16/h4,6H,5H2,1-3H3. The first-order chi connectivity index (χ1) is 10.7. The van der Waals surface area contributed by atoms with Crippen LogP contribution in [0.4, 0.5) is 8.78 Å². The first kappa shape index (κ1) is 17.2. The fourth-order valence-electron chi connectivity index (χ4n) is 1.49. The Kier molecular flexibility index (Phi) is 4.88. The third-order valence-corrected chi connectivity index (χ3v) is 2.94. The average molecular weight is 347 g/mol. The SMILES string of the molecule is CC(C)c1ncc(Cl)c(C(=O)OCc2nc(C(C)(F)F)no2)n1. The van der Waals surface area contributed by atoms with Crippen LogP contribution in [-0.4, -0.2) is 26.1 Å². The molecule has 2 heterocycles. The van der Waals surface area contributed by atoms with Crippen molar-refractivity contribution in [3.05, 3.63) is 34.5 Å². The number of hydrogen-bond acceptors (Lipinski definition) is 7. The number of halogens is 3. The Hall–Kier alpha value is -2.16. The molecule has 0 aliphatic rings. The van der Waals surface area contributed by atoms with E-state index in [1.165, 1.54) is 6.20 Å². The number of alkyl halides is 2. The van der Waals surface area contributed by atoms with Gasteiger partial charge in [0.2, 0.25) is 5.82 Å². The van der Waals surface area contributed by atoms with E-state index in [0.29, 0.717) is 12.7 Å². The summed E-state index contributed by atoms with van der Waals surface area (Å²) in [5.41, 5.74) is -0.120. The third kappa shape index (κ3) is 4.19. The number of esters is 1. The van der Waals surface area contributed by atoms with Gasteiger partial charge in [-0.3, -0.25) is 0 Å². The largest absolute Gasteiger partial charge is 0.451 e. The van der Waals surface area contributed by atoms with Gasteiger partial charge < -0.3 is 9.26 Å². The molecule has 0 aromatic carbocycles. The lowest BCUT2D eigenvalue weighted by atomic mass is 10.2. The summed E-state index contributed by atoms with van der Waals surface area (Å²) in [7, 11) is 0. The Balaban J connectivity index is 2.08. The van der Waals surface area contributed by atoms with Crippen LogP contribution in [-0.2, 0) is 17.3 Å². The zero-order valence-electron chi connectivity index (χ0n) is 12.5. The molecule has 0 radical (unpaired) electrons. The summed E-state index contributed by atoms with van der Waals surface area (Å²) >= 11 is 5.87. The molecule has 23 heavy (non-hydrogen) atoms. The molecule has 0 spiro atoms. The maximum absolute atomic E-state index is 13.0. The fourth-order valence-corrected chi connectivity index (χ4v) is 1.66. The van der Waals surface area contributed by atoms with E-state index < -0.39 is 24.3 Å². The predicted octanol–water partition coefficient (Wildman–Crippen LogP) is 3.11. The molecular formula is C13H13ClF2N4O3. The zero-order chi connectivity index (χ0) is 17.2. The second kappa shape index (κ2) is 6.53. The second-order valence-corrected chi connectivity index (χ2v) is 5.46. The quantitative estimate of drug-likeness (QED) is 0.768. The van der Waals surface area contributed by atoms with Crippen LogP contribution in [0.2, 0.25) is 5.02 Å². The summed E-state index contributed by atoms with van der Waals surface area (Å²) < 4.78 is 35.4. The van der Waals surface area contributed by atoms with E-state index in [2.05, 4.69) is 24.6 Å². The summed E-state index contributed by atoms with van der Waals surface area (Å²) in [6, 6.07) is 0. The number of nitrogens with zero attached hydrogens (tertiary/aromatic N) is 4. The lowest BCUT2D eigenvalue weighted by molar-refractivity contribution is 0.00557. The first-order valence-corrected chi connectivity index (χ1v) is 6.96. The number of aromatic nitrogens is 4. The minimum Gasteiger partial charge on any atom is -0.451 e. The van der Waals surface area contributed by atoms with E-state index in [1.807, 2.05) is 13.8 Å². The molecular weight excluding hydrogens is 334 g/mol. The molecule has 0 unspecified atom stereocenters. The summed E-state index contributed by atoms with van der Waals surface area (Å²) in [5.74, 6) is -4.72. The Labute approximate surface area is 135 Å². The summed E-state index contributed by atoms with van der Waals surface area (Å²) in [5, 5.41) is 3.13. The molecule has 0 saturated carbocycles. The molecule has 0 N–H and O–H groups in total. The highest BCUT2D eigenvalue weighted by Crippen LogP contribution is 2.24. The van der Waals surface area contributed by atoms with Gasteiger partial charge in [0, 0.05) is 12.8 Å². The van der Waals surface area contributed by atoms with Gasteiger partial charge in [-0.1, -0.05) is 30.6 Å². The Bertz CT molecular complexity index is 715. The van der Waals surface area contributed by atoms with Crippen LogP contribution in [0.25, 0.3) is 0 Å². The van der Waals surface area contributed by atoms with Crippen molar-refractivity contribution in [2.45, 2.75) is 39.2 Å². The minimum atomic E-state index is -3.24. The average Bonchev–Trinajstić information content (AvgIpc) is 2.94. The van der Waals surface area contributed by atoms with E-state index in [4.69, 9.17) is 16.3 Å². The number of ether oxygens (including phenoxy) is 1. The van der Waals surface area contributed by atoms with E-state index >= 15 is 0 Å². The van der Waals surface area contributed by atoms with Crippen molar-refractivity contribution < 1.29 is 22.8 Å². The zero-order valence-corrected chi connectivity index (χ0v) is 13.3. The Morgan fingerprint density at radius 3 is 2.70 bits per heavy atom.